The summed E-state index contributed by atoms with van der Waals surface area (Å²) in [5.74, 6) is -0.617. The Bertz CT molecular complexity index is 1140. The Morgan fingerprint density at radius 1 is 1.00 bits per heavy atom. The number of unbranched alkanes of at least 4 members (excludes halogenated alkanes) is 2. The van der Waals surface area contributed by atoms with E-state index in [4.69, 9.17) is 14.5 Å². The van der Waals surface area contributed by atoms with Crippen molar-refractivity contribution in [3.63, 3.8) is 0 Å². The molecule has 2 unspecified atom stereocenters. The van der Waals surface area contributed by atoms with Crippen LogP contribution in [0.2, 0.25) is 0 Å². The summed E-state index contributed by atoms with van der Waals surface area (Å²) >= 11 is 0. The maximum atomic E-state index is 13.9. The molecule has 2 atom stereocenters. The van der Waals surface area contributed by atoms with Crippen LogP contribution in [0.25, 0.3) is 11.0 Å². The third kappa shape index (κ3) is 4.19. The second-order valence-electron chi connectivity index (χ2n) is 8.11. The minimum atomic E-state index is -1.03. The second-order valence-corrected chi connectivity index (χ2v) is 8.11. The van der Waals surface area contributed by atoms with E-state index in [0.717, 1.165) is 35.9 Å². The first-order valence-electron chi connectivity index (χ1n) is 11.8. The van der Waals surface area contributed by atoms with Crippen molar-refractivity contribution >= 4 is 28.9 Å². The molecular weight excluding hydrogens is 418 g/mol. The zero-order valence-electron chi connectivity index (χ0n) is 19.5. The molecule has 7 heteroatoms. The smallest absolute Gasteiger partial charge is 0.321 e. The number of carbonyl (C=O) groups excluding carboxylic acids is 2. The lowest BCUT2D eigenvalue weighted by molar-refractivity contribution is -0.153. The first kappa shape index (κ1) is 22.8. The zero-order chi connectivity index (χ0) is 23.4. The van der Waals surface area contributed by atoms with E-state index < -0.39 is 17.9 Å². The van der Waals surface area contributed by atoms with Gasteiger partial charge in [-0.25, -0.2) is 4.98 Å². The Labute approximate surface area is 194 Å². The van der Waals surface area contributed by atoms with Gasteiger partial charge in [0.05, 0.1) is 30.3 Å². The van der Waals surface area contributed by atoms with E-state index in [0.29, 0.717) is 24.8 Å². The summed E-state index contributed by atoms with van der Waals surface area (Å²) in [6, 6.07) is 14.7. The highest BCUT2D eigenvalue weighted by Crippen LogP contribution is 2.43. The number of nitrogens with zero attached hydrogens (tertiary/aromatic N) is 3. The molecule has 2 heterocycles. The monoisotopic (exact) mass is 449 g/mol. The van der Waals surface area contributed by atoms with Crippen molar-refractivity contribution in [1.82, 2.24) is 9.55 Å². The summed E-state index contributed by atoms with van der Waals surface area (Å²) in [5, 5.41) is 0. The fraction of sp³-hybridized carbons (Fsp3) is 0.423. The van der Waals surface area contributed by atoms with E-state index in [1.807, 2.05) is 60.0 Å². The molecule has 0 radical (unpaired) electrons. The maximum absolute atomic E-state index is 13.9. The molecule has 0 fully saturated rings. The highest BCUT2D eigenvalue weighted by atomic mass is 16.5. The molecule has 0 N–H and O–H groups in total. The molecule has 7 nitrogen and oxygen atoms in total. The van der Waals surface area contributed by atoms with Crippen molar-refractivity contribution in [3.8, 4) is 5.75 Å². The van der Waals surface area contributed by atoms with Crippen molar-refractivity contribution in [2.75, 3.05) is 24.7 Å². The lowest BCUT2D eigenvalue weighted by Gasteiger charge is -2.38. The number of carbonyl (C=O) groups is 2. The number of fused-ring (bicyclic) bond motifs is 3. The van der Waals surface area contributed by atoms with Crippen LogP contribution in [0.15, 0.2) is 48.5 Å². The quantitative estimate of drug-likeness (QED) is 0.268. The van der Waals surface area contributed by atoms with Crippen LogP contribution in [0.3, 0.4) is 0 Å². The van der Waals surface area contributed by atoms with Crippen LogP contribution < -0.4 is 9.64 Å². The number of imidazole rings is 1. The van der Waals surface area contributed by atoms with Gasteiger partial charge >= 0.3 is 5.97 Å². The molecule has 0 aliphatic carbocycles. The van der Waals surface area contributed by atoms with Crippen molar-refractivity contribution in [2.45, 2.75) is 46.1 Å². The highest BCUT2D eigenvalue weighted by molar-refractivity contribution is 6.08. The van der Waals surface area contributed by atoms with Crippen LogP contribution in [0, 0.1) is 5.92 Å². The minimum Gasteiger partial charge on any atom is -0.494 e. The van der Waals surface area contributed by atoms with E-state index in [2.05, 4.69) is 6.92 Å². The third-order valence-electron chi connectivity index (χ3n) is 6.01. The Morgan fingerprint density at radius 2 is 1.76 bits per heavy atom. The van der Waals surface area contributed by atoms with Crippen molar-refractivity contribution < 1.29 is 19.1 Å². The first-order chi connectivity index (χ1) is 16.1. The largest absolute Gasteiger partial charge is 0.494 e. The zero-order valence-corrected chi connectivity index (χ0v) is 19.5. The Balaban J connectivity index is 1.96. The third-order valence-corrected chi connectivity index (χ3v) is 6.01. The molecule has 1 aliphatic heterocycles. The first-order valence-corrected chi connectivity index (χ1v) is 11.8. The molecule has 4 rings (SSSR count). The van der Waals surface area contributed by atoms with Gasteiger partial charge < -0.3 is 14.0 Å². The molecule has 0 bridgehead atoms. The summed E-state index contributed by atoms with van der Waals surface area (Å²) < 4.78 is 13.3. The molecule has 0 spiro atoms. The van der Waals surface area contributed by atoms with Gasteiger partial charge in [-0.2, -0.15) is 0 Å². The van der Waals surface area contributed by atoms with Gasteiger partial charge in [-0.1, -0.05) is 50.1 Å². The lowest BCUT2D eigenvalue weighted by Crippen LogP contribution is -2.50. The number of esters is 1. The van der Waals surface area contributed by atoms with Gasteiger partial charge in [-0.15, -0.1) is 0 Å². The van der Waals surface area contributed by atoms with Crippen LogP contribution in [-0.2, 0) is 14.3 Å². The fourth-order valence-electron chi connectivity index (χ4n) is 4.57. The molecule has 3 aromatic rings. The van der Waals surface area contributed by atoms with Crippen molar-refractivity contribution in [2.24, 2.45) is 5.92 Å². The summed E-state index contributed by atoms with van der Waals surface area (Å²) in [7, 11) is 0. The molecule has 0 saturated heterocycles. The number of anilines is 1. The van der Waals surface area contributed by atoms with Crippen LogP contribution in [-0.4, -0.2) is 41.2 Å². The SMILES string of the molecule is CCCCCN1C(=O)C(C(=O)OCC)C(c2ccccc2OCC)n2c1nc1ccccc12. The van der Waals surface area contributed by atoms with E-state index in [-0.39, 0.29) is 12.5 Å². The number of aromatic nitrogens is 2. The predicted molar refractivity (Wildman–Crippen MR) is 127 cm³/mol. The molecule has 1 aliphatic rings. The summed E-state index contributed by atoms with van der Waals surface area (Å²) in [4.78, 5) is 33.6. The predicted octanol–water partition coefficient (Wildman–Crippen LogP) is 4.74. The minimum absolute atomic E-state index is 0.204. The van der Waals surface area contributed by atoms with Gasteiger partial charge in [-0.05, 0) is 38.5 Å². The van der Waals surface area contributed by atoms with E-state index >= 15 is 0 Å². The van der Waals surface area contributed by atoms with Gasteiger partial charge in [-0.3, -0.25) is 14.5 Å². The number of hydrogen-bond acceptors (Lipinski definition) is 5. The van der Waals surface area contributed by atoms with Crippen LogP contribution in [0.5, 0.6) is 5.75 Å². The van der Waals surface area contributed by atoms with Crippen LogP contribution in [0.4, 0.5) is 5.95 Å². The number of amides is 1. The van der Waals surface area contributed by atoms with Crippen LogP contribution >= 0.6 is 0 Å². The number of ether oxygens (including phenoxy) is 2. The Kier molecular flexibility index (Phi) is 6.96. The molecule has 2 aromatic carbocycles. The Hall–Kier alpha value is -3.35. The number of hydrogen-bond donors (Lipinski definition) is 0. The summed E-state index contributed by atoms with van der Waals surface area (Å²) in [6.07, 6.45) is 2.86. The van der Waals surface area contributed by atoms with E-state index in [1.165, 1.54) is 0 Å². The lowest BCUT2D eigenvalue weighted by atomic mass is 9.88. The van der Waals surface area contributed by atoms with Gasteiger partial charge in [0, 0.05) is 12.1 Å². The molecular formula is C26H31N3O4. The standard InChI is InChI=1S/C26H31N3O4/c1-4-7-12-17-28-24(30)22(25(31)33-6-3)23(18-13-8-11-16-21(18)32-5-2)29-20-15-10-9-14-19(20)27-26(28)29/h8-11,13-16,22-23H,4-7,12,17H2,1-3H3. The fourth-order valence-corrected chi connectivity index (χ4v) is 4.57. The number of para-hydroxylation sites is 3. The summed E-state index contributed by atoms with van der Waals surface area (Å²) in [6.45, 7) is 6.98. The van der Waals surface area contributed by atoms with Gasteiger partial charge in [0.1, 0.15) is 5.75 Å². The van der Waals surface area contributed by atoms with E-state index in [1.54, 1.807) is 11.8 Å². The molecule has 174 valence electrons. The number of benzene rings is 2. The molecule has 33 heavy (non-hydrogen) atoms. The van der Waals surface area contributed by atoms with Crippen LogP contribution in [0.1, 0.15) is 51.6 Å². The molecule has 1 aromatic heterocycles. The summed E-state index contributed by atoms with van der Waals surface area (Å²) in [5.41, 5.74) is 2.42. The van der Waals surface area contributed by atoms with E-state index in [9.17, 15) is 9.59 Å². The second kappa shape index (κ2) is 10.1. The van der Waals surface area contributed by atoms with Gasteiger partial charge in [0.2, 0.25) is 11.9 Å². The average molecular weight is 450 g/mol. The van der Waals surface area contributed by atoms with Crippen molar-refractivity contribution in [3.05, 3.63) is 54.1 Å². The normalized spacial score (nSPS) is 17.8. The average Bonchev–Trinajstić information content (AvgIpc) is 3.20. The maximum Gasteiger partial charge on any atom is 0.321 e. The van der Waals surface area contributed by atoms with Gasteiger partial charge in [0.25, 0.3) is 0 Å². The molecule has 1 amide bonds. The number of rotatable bonds is 9. The molecule has 0 saturated carbocycles. The van der Waals surface area contributed by atoms with Crippen molar-refractivity contribution in [1.29, 1.82) is 0 Å². The topological polar surface area (TPSA) is 73.7 Å². The highest BCUT2D eigenvalue weighted by Gasteiger charge is 2.48. The Morgan fingerprint density at radius 3 is 2.52 bits per heavy atom. The van der Waals surface area contributed by atoms with Gasteiger partial charge in [0.15, 0.2) is 5.92 Å².